The average Bonchev–Trinajstić information content (AvgIpc) is 3.16. The standard InChI is InChI=1S/C20H15Cl2N3OS/c1-2-26-16-6-4-15(5-7-16)24-11-14(10-23)20-25-19(12-27-20)13-3-8-17(21)18(22)9-13/h3-9,11-12,24H,2H2,1H3/b14-11+. The van der Waals surface area contributed by atoms with Crippen LogP contribution in [0.25, 0.3) is 16.8 Å². The molecule has 0 radical (unpaired) electrons. The summed E-state index contributed by atoms with van der Waals surface area (Å²) in [5.74, 6) is 0.804. The zero-order valence-corrected chi connectivity index (χ0v) is 16.7. The molecule has 3 aromatic rings. The number of rotatable bonds is 6. The van der Waals surface area contributed by atoms with E-state index in [1.54, 1.807) is 18.3 Å². The molecule has 3 rings (SSSR count). The monoisotopic (exact) mass is 415 g/mol. The zero-order chi connectivity index (χ0) is 19.2. The van der Waals surface area contributed by atoms with Gasteiger partial charge in [0.05, 0.1) is 22.3 Å². The molecule has 4 nitrogen and oxygen atoms in total. The molecule has 2 aromatic carbocycles. The van der Waals surface area contributed by atoms with Crippen LogP contribution in [-0.4, -0.2) is 11.6 Å². The normalized spacial score (nSPS) is 11.1. The molecule has 0 amide bonds. The molecule has 0 aliphatic heterocycles. The SMILES string of the molecule is CCOc1ccc(N/C=C(\C#N)c2nc(-c3ccc(Cl)c(Cl)c3)cs2)cc1. The summed E-state index contributed by atoms with van der Waals surface area (Å²) in [5.41, 5.74) is 2.90. The van der Waals surface area contributed by atoms with Crippen LogP contribution in [0.4, 0.5) is 5.69 Å². The Hall–Kier alpha value is -2.52. The molecular formula is C20H15Cl2N3OS. The fourth-order valence-electron chi connectivity index (χ4n) is 2.30. The van der Waals surface area contributed by atoms with Gasteiger partial charge in [-0.1, -0.05) is 29.3 Å². The van der Waals surface area contributed by atoms with Crippen molar-refractivity contribution in [1.29, 1.82) is 5.26 Å². The highest BCUT2D eigenvalue weighted by atomic mass is 35.5. The first-order valence-electron chi connectivity index (χ1n) is 8.11. The van der Waals surface area contributed by atoms with Crippen molar-refractivity contribution in [2.45, 2.75) is 6.92 Å². The van der Waals surface area contributed by atoms with Crippen LogP contribution in [-0.2, 0) is 0 Å². The van der Waals surface area contributed by atoms with Gasteiger partial charge in [-0.2, -0.15) is 5.26 Å². The Bertz CT molecular complexity index is 1010. The average molecular weight is 416 g/mol. The number of ether oxygens (including phenoxy) is 1. The Kier molecular flexibility index (Phi) is 6.36. The fraction of sp³-hybridized carbons (Fsp3) is 0.100. The van der Waals surface area contributed by atoms with Gasteiger partial charge >= 0.3 is 0 Å². The number of allylic oxidation sites excluding steroid dienone is 1. The Morgan fingerprint density at radius 1 is 1.22 bits per heavy atom. The van der Waals surface area contributed by atoms with E-state index in [9.17, 15) is 5.26 Å². The van der Waals surface area contributed by atoms with Crippen molar-refractivity contribution in [1.82, 2.24) is 4.98 Å². The number of thiazole rings is 1. The van der Waals surface area contributed by atoms with Gasteiger partial charge < -0.3 is 10.1 Å². The molecular weight excluding hydrogens is 401 g/mol. The third-order valence-electron chi connectivity index (χ3n) is 3.62. The highest BCUT2D eigenvalue weighted by Gasteiger charge is 2.10. The molecule has 136 valence electrons. The van der Waals surface area contributed by atoms with E-state index in [0.717, 1.165) is 22.7 Å². The van der Waals surface area contributed by atoms with Gasteiger partial charge in [-0.3, -0.25) is 0 Å². The smallest absolute Gasteiger partial charge is 0.136 e. The van der Waals surface area contributed by atoms with Gasteiger partial charge in [-0.25, -0.2) is 4.98 Å². The van der Waals surface area contributed by atoms with E-state index in [1.165, 1.54) is 11.3 Å². The van der Waals surface area contributed by atoms with E-state index in [1.807, 2.05) is 42.6 Å². The van der Waals surface area contributed by atoms with Crippen LogP contribution in [0.3, 0.4) is 0 Å². The third-order valence-corrected chi connectivity index (χ3v) is 5.23. The number of nitrogens with one attached hydrogen (secondary N) is 1. The quantitative estimate of drug-likeness (QED) is 0.467. The summed E-state index contributed by atoms with van der Waals surface area (Å²) in [6.45, 7) is 2.56. The minimum absolute atomic E-state index is 0.445. The van der Waals surface area contributed by atoms with Crippen molar-refractivity contribution in [3.05, 3.63) is 69.1 Å². The van der Waals surface area contributed by atoms with Gasteiger partial charge in [0.15, 0.2) is 0 Å². The molecule has 0 atom stereocenters. The summed E-state index contributed by atoms with van der Waals surface area (Å²) in [6, 6.07) is 15.0. The van der Waals surface area contributed by atoms with Gasteiger partial charge in [0.1, 0.15) is 22.4 Å². The van der Waals surface area contributed by atoms with Gasteiger partial charge in [0.25, 0.3) is 0 Å². The summed E-state index contributed by atoms with van der Waals surface area (Å²) < 4.78 is 5.42. The molecule has 0 fully saturated rings. The van der Waals surface area contributed by atoms with E-state index < -0.39 is 0 Å². The largest absolute Gasteiger partial charge is 0.494 e. The highest BCUT2D eigenvalue weighted by Crippen LogP contribution is 2.30. The lowest BCUT2D eigenvalue weighted by molar-refractivity contribution is 0.340. The molecule has 1 N–H and O–H groups in total. The van der Waals surface area contributed by atoms with Crippen molar-refractivity contribution in [2.24, 2.45) is 0 Å². The fourth-order valence-corrected chi connectivity index (χ4v) is 3.39. The van der Waals surface area contributed by atoms with Gasteiger partial charge in [0, 0.05) is 22.8 Å². The van der Waals surface area contributed by atoms with Crippen LogP contribution in [0.5, 0.6) is 5.75 Å². The summed E-state index contributed by atoms with van der Waals surface area (Å²) in [6.07, 6.45) is 1.65. The maximum atomic E-state index is 9.48. The number of anilines is 1. The molecule has 0 saturated carbocycles. The van der Waals surface area contributed by atoms with Crippen LogP contribution in [0.2, 0.25) is 10.0 Å². The molecule has 27 heavy (non-hydrogen) atoms. The lowest BCUT2D eigenvalue weighted by Gasteiger charge is -2.05. The molecule has 1 aromatic heterocycles. The number of hydrogen-bond acceptors (Lipinski definition) is 5. The number of halogens is 2. The first kappa shape index (κ1) is 19.2. The van der Waals surface area contributed by atoms with E-state index in [-0.39, 0.29) is 0 Å². The topological polar surface area (TPSA) is 57.9 Å². The number of aromatic nitrogens is 1. The Morgan fingerprint density at radius 2 is 2.00 bits per heavy atom. The number of nitriles is 1. The van der Waals surface area contributed by atoms with Crippen molar-refractivity contribution < 1.29 is 4.74 Å². The number of benzene rings is 2. The molecule has 1 heterocycles. The van der Waals surface area contributed by atoms with Crippen LogP contribution in [0.1, 0.15) is 11.9 Å². The van der Waals surface area contributed by atoms with Gasteiger partial charge in [-0.15, -0.1) is 11.3 Å². The maximum Gasteiger partial charge on any atom is 0.136 e. The number of nitrogens with zero attached hydrogens (tertiary/aromatic N) is 2. The highest BCUT2D eigenvalue weighted by molar-refractivity contribution is 7.11. The molecule has 0 saturated heterocycles. The zero-order valence-electron chi connectivity index (χ0n) is 14.4. The summed E-state index contributed by atoms with van der Waals surface area (Å²) >= 11 is 13.4. The molecule has 0 unspecified atom stereocenters. The van der Waals surface area contributed by atoms with Crippen LogP contribution >= 0.6 is 34.5 Å². The molecule has 7 heteroatoms. The Balaban J connectivity index is 1.77. The van der Waals surface area contributed by atoms with Crippen molar-refractivity contribution in [2.75, 3.05) is 11.9 Å². The first-order chi connectivity index (χ1) is 13.1. The van der Waals surface area contributed by atoms with E-state index in [2.05, 4.69) is 16.4 Å². The molecule has 0 spiro atoms. The Labute approximate surface area is 171 Å². The van der Waals surface area contributed by atoms with Gasteiger partial charge in [-0.05, 0) is 43.3 Å². The van der Waals surface area contributed by atoms with Crippen LogP contribution in [0.15, 0.2) is 54.0 Å². The minimum Gasteiger partial charge on any atom is -0.494 e. The summed E-state index contributed by atoms with van der Waals surface area (Å²) in [5, 5.41) is 16.1. The van der Waals surface area contributed by atoms with Gasteiger partial charge in [0.2, 0.25) is 0 Å². The lowest BCUT2D eigenvalue weighted by Crippen LogP contribution is -1.93. The van der Waals surface area contributed by atoms with Crippen LogP contribution in [0, 0.1) is 11.3 Å². The maximum absolute atomic E-state index is 9.48. The molecule has 0 aliphatic carbocycles. The first-order valence-corrected chi connectivity index (χ1v) is 9.75. The lowest BCUT2D eigenvalue weighted by atomic mass is 10.2. The summed E-state index contributed by atoms with van der Waals surface area (Å²) in [4.78, 5) is 4.54. The molecule has 0 aliphatic rings. The van der Waals surface area contributed by atoms with E-state index in [0.29, 0.717) is 27.2 Å². The minimum atomic E-state index is 0.445. The summed E-state index contributed by atoms with van der Waals surface area (Å²) in [7, 11) is 0. The van der Waals surface area contributed by atoms with Crippen molar-refractivity contribution in [3.63, 3.8) is 0 Å². The third kappa shape index (κ3) is 4.81. The second-order valence-corrected chi connectivity index (χ2v) is 7.11. The van der Waals surface area contributed by atoms with Crippen molar-refractivity contribution in [3.8, 4) is 23.1 Å². The van der Waals surface area contributed by atoms with Crippen LogP contribution < -0.4 is 10.1 Å². The Morgan fingerprint density at radius 3 is 2.67 bits per heavy atom. The number of hydrogen-bond donors (Lipinski definition) is 1. The second-order valence-electron chi connectivity index (χ2n) is 5.44. The van der Waals surface area contributed by atoms with E-state index in [4.69, 9.17) is 27.9 Å². The van der Waals surface area contributed by atoms with Crippen molar-refractivity contribution >= 4 is 45.8 Å². The second kappa shape index (κ2) is 8.92. The predicted octanol–water partition coefficient (Wildman–Crippen LogP) is 6.49. The predicted molar refractivity (Wildman–Crippen MR) is 112 cm³/mol. The van der Waals surface area contributed by atoms with E-state index >= 15 is 0 Å². The molecule has 0 bridgehead atoms.